The van der Waals surface area contributed by atoms with Crippen molar-refractivity contribution in [2.24, 2.45) is 5.92 Å². The molecule has 29 heavy (non-hydrogen) atoms. The van der Waals surface area contributed by atoms with Crippen LogP contribution in [0.25, 0.3) is 0 Å². The van der Waals surface area contributed by atoms with Crippen LogP contribution in [0.1, 0.15) is 51.0 Å². The first-order valence-electron chi connectivity index (χ1n) is 11.4. The Morgan fingerprint density at radius 3 is 2.34 bits per heavy atom. The van der Waals surface area contributed by atoms with E-state index in [2.05, 4.69) is 24.0 Å². The monoisotopic (exact) mass is 399 g/mol. The van der Waals surface area contributed by atoms with Gasteiger partial charge in [-0.2, -0.15) is 0 Å². The van der Waals surface area contributed by atoms with E-state index in [1.165, 1.54) is 18.4 Å². The Labute approximate surface area is 176 Å². The molecule has 1 saturated heterocycles. The standard InChI is InChI=1S/C24H37N3O2/c1-3-15-25(2)24(29)23(21-11-7-8-12-21)27-18-16-26(17-19-27)22(28)14-13-20-9-5-4-6-10-20/h4-6,9-10,21,23H,3,7-8,11-19H2,1-2H3/t23-/m0/s1. The minimum Gasteiger partial charge on any atom is -0.344 e. The van der Waals surface area contributed by atoms with Gasteiger partial charge in [-0.25, -0.2) is 0 Å². The van der Waals surface area contributed by atoms with Crippen molar-refractivity contribution in [1.29, 1.82) is 0 Å². The molecule has 5 nitrogen and oxygen atoms in total. The van der Waals surface area contributed by atoms with Gasteiger partial charge in [-0.05, 0) is 37.2 Å². The first kappa shape index (κ1) is 21.8. The Morgan fingerprint density at radius 1 is 1.07 bits per heavy atom. The number of carbonyl (C=O) groups excluding carboxylic acids is 2. The largest absolute Gasteiger partial charge is 0.344 e. The fourth-order valence-corrected chi connectivity index (χ4v) is 4.90. The molecule has 2 aliphatic rings. The molecule has 1 aliphatic heterocycles. The van der Waals surface area contributed by atoms with Gasteiger partial charge >= 0.3 is 0 Å². The van der Waals surface area contributed by atoms with Crippen LogP contribution in [-0.4, -0.2) is 72.3 Å². The topological polar surface area (TPSA) is 43.9 Å². The average molecular weight is 400 g/mol. The van der Waals surface area contributed by atoms with Crippen LogP contribution in [0.5, 0.6) is 0 Å². The van der Waals surface area contributed by atoms with Gasteiger partial charge in [0.1, 0.15) is 0 Å². The van der Waals surface area contributed by atoms with E-state index in [1.807, 2.05) is 35.0 Å². The molecule has 1 aliphatic carbocycles. The molecule has 0 unspecified atom stereocenters. The van der Waals surface area contributed by atoms with E-state index < -0.39 is 0 Å². The highest BCUT2D eigenvalue weighted by Crippen LogP contribution is 2.32. The first-order valence-corrected chi connectivity index (χ1v) is 11.4. The molecule has 1 heterocycles. The minimum absolute atomic E-state index is 0.00405. The molecule has 1 atom stereocenters. The van der Waals surface area contributed by atoms with E-state index in [1.54, 1.807) is 0 Å². The zero-order chi connectivity index (χ0) is 20.6. The van der Waals surface area contributed by atoms with Crippen molar-refractivity contribution < 1.29 is 9.59 Å². The third-order valence-corrected chi connectivity index (χ3v) is 6.57. The van der Waals surface area contributed by atoms with Crippen LogP contribution in [0.2, 0.25) is 0 Å². The predicted octanol–water partition coefficient (Wildman–Crippen LogP) is 3.19. The van der Waals surface area contributed by atoms with Crippen molar-refractivity contribution in [1.82, 2.24) is 14.7 Å². The zero-order valence-corrected chi connectivity index (χ0v) is 18.2. The maximum atomic E-state index is 13.2. The molecule has 3 rings (SSSR count). The van der Waals surface area contributed by atoms with Crippen LogP contribution >= 0.6 is 0 Å². The van der Waals surface area contributed by atoms with Crippen LogP contribution in [0.3, 0.4) is 0 Å². The lowest BCUT2D eigenvalue weighted by molar-refractivity contribution is -0.140. The van der Waals surface area contributed by atoms with Crippen LogP contribution in [-0.2, 0) is 16.0 Å². The fourth-order valence-electron chi connectivity index (χ4n) is 4.90. The molecule has 5 heteroatoms. The molecule has 0 spiro atoms. The van der Waals surface area contributed by atoms with Gasteiger partial charge < -0.3 is 9.80 Å². The molecule has 2 amide bonds. The summed E-state index contributed by atoms with van der Waals surface area (Å²) in [5.41, 5.74) is 1.21. The quantitative estimate of drug-likeness (QED) is 0.674. The van der Waals surface area contributed by atoms with E-state index >= 15 is 0 Å². The van der Waals surface area contributed by atoms with Crippen molar-refractivity contribution in [3.63, 3.8) is 0 Å². The van der Waals surface area contributed by atoms with Crippen molar-refractivity contribution in [2.75, 3.05) is 39.8 Å². The van der Waals surface area contributed by atoms with E-state index in [9.17, 15) is 9.59 Å². The number of hydrogen-bond acceptors (Lipinski definition) is 3. The summed E-state index contributed by atoms with van der Waals surface area (Å²) in [5.74, 6) is 0.991. The number of amides is 2. The highest BCUT2D eigenvalue weighted by Gasteiger charge is 2.38. The predicted molar refractivity (Wildman–Crippen MR) is 117 cm³/mol. The molecule has 1 saturated carbocycles. The van der Waals surface area contributed by atoms with Crippen LogP contribution in [0.4, 0.5) is 0 Å². The minimum atomic E-state index is -0.00405. The molecule has 1 aromatic rings. The average Bonchev–Trinajstić information content (AvgIpc) is 3.28. The summed E-state index contributed by atoms with van der Waals surface area (Å²) < 4.78 is 0. The van der Waals surface area contributed by atoms with Crippen molar-refractivity contribution in [3.8, 4) is 0 Å². The van der Waals surface area contributed by atoms with Gasteiger partial charge in [0.25, 0.3) is 0 Å². The Kier molecular flexibility index (Phi) is 8.10. The second-order valence-electron chi connectivity index (χ2n) is 8.65. The molecule has 0 bridgehead atoms. The highest BCUT2D eigenvalue weighted by atomic mass is 16.2. The normalized spacial score (nSPS) is 19.3. The van der Waals surface area contributed by atoms with Gasteiger partial charge in [-0.15, -0.1) is 0 Å². The number of likely N-dealkylation sites (N-methyl/N-ethyl adjacent to an activating group) is 1. The van der Waals surface area contributed by atoms with Gasteiger partial charge in [0.2, 0.25) is 11.8 Å². The van der Waals surface area contributed by atoms with Crippen molar-refractivity contribution in [3.05, 3.63) is 35.9 Å². The Morgan fingerprint density at radius 2 is 1.72 bits per heavy atom. The summed E-state index contributed by atoms with van der Waals surface area (Å²) in [4.78, 5) is 32.1. The SMILES string of the molecule is CCCN(C)C(=O)[C@H](C1CCCC1)N1CCN(C(=O)CCc2ccccc2)CC1. The van der Waals surface area contributed by atoms with Gasteiger partial charge in [0, 0.05) is 46.2 Å². The summed E-state index contributed by atoms with van der Waals surface area (Å²) in [6.45, 7) is 6.03. The molecule has 1 aromatic carbocycles. The number of benzene rings is 1. The third kappa shape index (κ3) is 5.81. The summed E-state index contributed by atoms with van der Waals surface area (Å²) in [6.07, 6.45) is 7.15. The second kappa shape index (κ2) is 10.8. The highest BCUT2D eigenvalue weighted by molar-refractivity contribution is 5.82. The van der Waals surface area contributed by atoms with Crippen molar-refractivity contribution >= 4 is 11.8 Å². The summed E-state index contributed by atoms with van der Waals surface area (Å²) in [6, 6.07) is 10.2. The maximum absolute atomic E-state index is 13.2. The van der Waals surface area contributed by atoms with E-state index in [4.69, 9.17) is 0 Å². The van der Waals surface area contributed by atoms with Crippen molar-refractivity contribution in [2.45, 2.75) is 57.9 Å². The number of carbonyl (C=O) groups is 2. The molecule has 0 N–H and O–H groups in total. The maximum Gasteiger partial charge on any atom is 0.239 e. The van der Waals surface area contributed by atoms with Gasteiger partial charge in [-0.3, -0.25) is 14.5 Å². The van der Waals surface area contributed by atoms with Gasteiger partial charge in [0.15, 0.2) is 0 Å². The number of rotatable bonds is 8. The molecular weight excluding hydrogens is 362 g/mol. The molecule has 0 aromatic heterocycles. The van der Waals surface area contributed by atoms with Crippen LogP contribution in [0.15, 0.2) is 30.3 Å². The Bertz CT molecular complexity index is 649. The molecule has 2 fully saturated rings. The molecule has 0 radical (unpaired) electrons. The zero-order valence-electron chi connectivity index (χ0n) is 18.2. The summed E-state index contributed by atoms with van der Waals surface area (Å²) in [7, 11) is 1.94. The summed E-state index contributed by atoms with van der Waals surface area (Å²) in [5, 5.41) is 0. The lowest BCUT2D eigenvalue weighted by Crippen LogP contribution is -2.58. The Balaban J connectivity index is 1.54. The third-order valence-electron chi connectivity index (χ3n) is 6.57. The fraction of sp³-hybridized carbons (Fsp3) is 0.667. The molecule has 160 valence electrons. The molecular formula is C24H37N3O2. The number of piperazine rings is 1. The van der Waals surface area contributed by atoms with E-state index in [0.29, 0.717) is 12.3 Å². The number of hydrogen-bond donors (Lipinski definition) is 0. The summed E-state index contributed by atoms with van der Waals surface area (Å²) >= 11 is 0. The van der Waals surface area contributed by atoms with E-state index in [0.717, 1.165) is 58.4 Å². The van der Waals surface area contributed by atoms with Crippen LogP contribution < -0.4 is 0 Å². The second-order valence-corrected chi connectivity index (χ2v) is 8.65. The Hall–Kier alpha value is -1.88. The number of aryl methyl sites for hydroxylation is 1. The lowest BCUT2D eigenvalue weighted by atomic mass is 9.94. The van der Waals surface area contributed by atoms with Gasteiger partial charge in [-0.1, -0.05) is 50.1 Å². The van der Waals surface area contributed by atoms with Gasteiger partial charge in [0.05, 0.1) is 6.04 Å². The van der Waals surface area contributed by atoms with E-state index in [-0.39, 0.29) is 17.9 Å². The first-order chi connectivity index (χ1) is 14.1. The smallest absolute Gasteiger partial charge is 0.239 e. The lowest BCUT2D eigenvalue weighted by Gasteiger charge is -2.42. The van der Waals surface area contributed by atoms with Crippen LogP contribution in [0, 0.1) is 5.92 Å². The number of nitrogens with zero attached hydrogens (tertiary/aromatic N) is 3.